The second-order valence-corrected chi connectivity index (χ2v) is 3.85. The van der Waals surface area contributed by atoms with Crippen LogP contribution in [0.15, 0.2) is 0 Å². The Morgan fingerprint density at radius 1 is 1.50 bits per heavy atom. The smallest absolute Gasteiger partial charge is 0.130 e. The van der Waals surface area contributed by atoms with Crippen molar-refractivity contribution in [1.82, 2.24) is 9.78 Å². The number of hydrogen-bond acceptors (Lipinski definition) is 3. The topological polar surface area (TPSA) is 58.3 Å². The normalized spacial score (nSPS) is 15.6. The highest BCUT2D eigenvalue weighted by Crippen LogP contribution is 2.20. The van der Waals surface area contributed by atoms with Gasteiger partial charge in [-0.25, -0.2) is 0 Å². The molecule has 0 spiro atoms. The van der Waals surface area contributed by atoms with Crippen molar-refractivity contribution in [2.24, 2.45) is 7.05 Å². The zero-order valence-electron chi connectivity index (χ0n) is 8.53. The molecular formula is C9H15ClN2O2. The number of aromatic nitrogens is 2. The summed E-state index contributed by atoms with van der Waals surface area (Å²) in [5, 5.41) is 23.3. The van der Waals surface area contributed by atoms with E-state index in [2.05, 4.69) is 5.10 Å². The van der Waals surface area contributed by atoms with E-state index in [0.717, 1.165) is 11.3 Å². The molecule has 1 aromatic rings. The van der Waals surface area contributed by atoms with Crippen molar-refractivity contribution in [2.75, 3.05) is 0 Å². The second-order valence-electron chi connectivity index (χ2n) is 3.49. The fraction of sp³-hybridized carbons (Fsp3) is 0.667. The van der Waals surface area contributed by atoms with Gasteiger partial charge in [0.25, 0.3) is 0 Å². The van der Waals surface area contributed by atoms with Crippen LogP contribution in [-0.2, 0) is 13.5 Å². The quantitative estimate of drug-likeness (QED) is 0.784. The number of halogens is 1. The van der Waals surface area contributed by atoms with Gasteiger partial charge in [0.1, 0.15) is 5.15 Å². The van der Waals surface area contributed by atoms with Gasteiger partial charge in [-0.05, 0) is 13.8 Å². The fourth-order valence-corrected chi connectivity index (χ4v) is 1.54. The Morgan fingerprint density at radius 2 is 2.07 bits per heavy atom. The Hall–Kier alpha value is -0.580. The van der Waals surface area contributed by atoms with Crippen LogP contribution < -0.4 is 0 Å². The van der Waals surface area contributed by atoms with Crippen molar-refractivity contribution >= 4 is 11.6 Å². The standard InChI is InChI=1S/C9H15ClN2O2/c1-5-7(4-8(14)6(2)13)9(10)12(3)11-5/h6,8,13-14H,4H2,1-3H3. The third-order valence-corrected chi connectivity index (χ3v) is 2.71. The molecule has 1 rings (SSSR count). The number of aryl methyl sites for hydroxylation is 2. The molecule has 1 aromatic heterocycles. The minimum atomic E-state index is -0.796. The summed E-state index contributed by atoms with van der Waals surface area (Å²) in [6.07, 6.45) is -1.23. The van der Waals surface area contributed by atoms with E-state index in [0.29, 0.717) is 11.6 Å². The zero-order valence-corrected chi connectivity index (χ0v) is 9.28. The maximum Gasteiger partial charge on any atom is 0.130 e. The molecule has 2 N–H and O–H groups in total. The zero-order chi connectivity index (χ0) is 10.9. The maximum atomic E-state index is 9.49. The van der Waals surface area contributed by atoms with E-state index in [1.165, 1.54) is 0 Å². The molecule has 0 aliphatic rings. The summed E-state index contributed by atoms with van der Waals surface area (Å²) in [4.78, 5) is 0. The molecule has 80 valence electrons. The van der Waals surface area contributed by atoms with E-state index in [9.17, 15) is 5.11 Å². The lowest BCUT2D eigenvalue weighted by molar-refractivity contribution is 0.0319. The van der Waals surface area contributed by atoms with Crippen LogP contribution in [0.5, 0.6) is 0 Å². The van der Waals surface area contributed by atoms with Crippen molar-refractivity contribution in [3.05, 3.63) is 16.4 Å². The summed E-state index contributed by atoms with van der Waals surface area (Å²) in [6, 6.07) is 0. The monoisotopic (exact) mass is 218 g/mol. The predicted octanol–water partition coefficient (Wildman–Crippen LogP) is 0.666. The Balaban J connectivity index is 2.86. The number of nitrogens with zero attached hydrogens (tertiary/aromatic N) is 2. The van der Waals surface area contributed by atoms with Crippen LogP contribution in [0.4, 0.5) is 0 Å². The maximum absolute atomic E-state index is 9.49. The van der Waals surface area contributed by atoms with Gasteiger partial charge in [-0.15, -0.1) is 0 Å². The minimum absolute atomic E-state index is 0.330. The molecule has 2 unspecified atom stereocenters. The molecule has 0 bridgehead atoms. The van der Waals surface area contributed by atoms with E-state index >= 15 is 0 Å². The third kappa shape index (κ3) is 2.26. The van der Waals surface area contributed by atoms with Crippen molar-refractivity contribution < 1.29 is 10.2 Å². The number of aliphatic hydroxyl groups is 2. The van der Waals surface area contributed by atoms with Crippen molar-refractivity contribution in [2.45, 2.75) is 32.5 Å². The first-order valence-corrected chi connectivity index (χ1v) is 4.85. The van der Waals surface area contributed by atoms with Crippen molar-refractivity contribution in [3.63, 3.8) is 0 Å². The van der Waals surface area contributed by atoms with E-state index in [1.54, 1.807) is 18.7 Å². The molecule has 2 atom stereocenters. The largest absolute Gasteiger partial charge is 0.391 e. The lowest BCUT2D eigenvalue weighted by Crippen LogP contribution is -2.25. The van der Waals surface area contributed by atoms with Gasteiger partial charge in [-0.2, -0.15) is 5.10 Å². The molecule has 0 amide bonds. The first-order chi connectivity index (χ1) is 6.43. The summed E-state index contributed by atoms with van der Waals surface area (Å²) >= 11 is 5.97. The summed E-state index contributed by atoms with van der Waals surface area (Å²) in [5.74, 6) is 0. The van der Waals surface area contributed by atoms with Gasteiger partial charge in [0.2, 0.25) is 0 Å². The van der Waals surface area contributed by atoms with Crippen LogP contribution >= 0.6 is 11.6 Å². The highest BCUT2D eigenvalue weighted by atomic mass is 35.5. The molecule has 0 radical (unpaired) electrons. The Bertz CT molecular complexity index is 323. The molecule has 0 saturated carbocycles. The van der Waals surface area contributed by atoms with E-state index < -0.39 is 12.2 Å². The molecule has 0 fully saturated rings. The Labute approximate surface area is 88.1 Å². The lowest BCUT2D eigenvalue weighted by atomic mass is 10.1. The SMILES string of the molecule is Cc1nn(C)c(Cl)c1CC(O)C(C)O. The van der Waals surface area contributed by atoms with Crippen LogP contribution in [0, 0.1) is 6.92 Å². The third-order valence-electron chi connectivity index (χ3n) is 2.24. The molecule has 5 heteroatoms. The fourth-order valence-electron chi connectivity index (χ4n) is 1.29. The van der Waals surface area contributed by atoms with Crippen LogP contribution in [0.1, 0.15) is 18.2 Å². The summed E-state index contributed by atoms with van der Waals surface area (Å²) in [6.45, 7) is 3.38. The van der Waals surface area contributed by atoms with Crippen LogP contribution in [-0.4, -0.2) is 32.2 Å². The Kier molecular flexibility index (Phi) is 3.53. The van der Waals surface area contributed by atoms with Gasteiger partial charge >= 0.3 is 0 Å². The Morgan fingerprint density at radius 3 is 2.43 bits per heavy atom. The van der Waals surface area contributed by atoms with E-state index in [4.69, 9.17) is 16.7 Å². The molecule has 0 aliphatic heterocycles. The molecule has 1 heterocycles. The summed E-state index contributed by atoms with van der Waals surface area (Å²) in [7, 11) is 1.74. The summed E-state index contributed by atoms with van der Waals surface area (Å²) < 4.78 is 1.56. The number of hydrogen-bond donors (Lipinski definition) is 2. The number of aliphatic hydroxyl groups excluding tert-OH is 2. The van der Waals surface area contributed by atoms with Gasteiger partial charge in [0.05, 0.1) is 17.9 Å². The second kappa shape index (κ2) is 4.29. The van der Waals surface area contributed by atoms with Crippen molar-refractivity contribution in [1.29, 1.82) is 0 Å². The van der Waals surface area contributed by atoms with Crippen molar-refractivity contribution in [3.8, 4) is 0 Å². The highest BCUT2D eigenvalue weighted by molar-refractivity contribution is 6.30. The predicted molar refractivity (Wildman–Crippen MR) is 54.3 cm³/mol. The molecular weight excluding hydrogens is 204 g/mol. The number of rotatable bonds is 3. The van der Waals surface area contributed by atoms with Gasteiger partial charge in [-0.1, -0.05) is 11.6 Å². The lowest BCUT2D eigenvalue weighted by Gasteiger charge is -2.12. The first-order valence-electron chi connectivity index (χ1n) is 4.47. The van der Waals surface area contributed by atoms with Gasteiger partial charge < -0.3 is 10.2 Å². The van der Waals surface area contributed by atoms with E-state index in [-0.39, 0.29) is 0 Å². The molecule has 0 saturated heterocycles. The van der Waals surface area contributed by atoms with E-state index in [1.807, 2.05) is 6.92 Å². The van der Waals surface area contributed by atoms with Gasteiger partial charge in [0.15, 0.2) is 0 Å². The summed E-state index contributed by atoms with van der Waals surface area (Å²) in [5.41, 5.74) is 1.58. The molecule has 4 nitrogen and oxygen atoms in total. The average molecular weight is 219 g/mol. The first kappa shape index (κ1) is 11.5. The minimum Gasteiger partial charge on any atom is -0.391 e. The van der Waals surface area contributed by atoms with Crippen LogP contribution in [0.2, 0.25) is 5.15 Å². The molecule has 14 heavy (non-hydrogen) atoms. The highest BCUT2D eigenvalue weighted by Gasteiger charge is 2.18. The van der Waals surface area contributed by atoms with Gasteiger partial charge in [0, 0.05) is 19.0 Å². The van der Waals surface area contributed by atoms with Crippen LogP contribution in [0.25, 0.3) is 0 Å². The molecule has 0 aromatic carbocycles. The molecule has 0 aliphatic carbocycles. The average Bonchev–Trinajstić information content (AvgIpc) is 2.32. The van der Waals surface area contributed by atoms with Gasteiger partial charge in [-0.3, -0.25) is 4.68 Å². The van der Waals surface area contributed by atoms with Crippen LogP contribution in [0.3, 0.4) is 0 Å².